The van der Waals surface area contributed by atoms with Crippen molar-refractivity contribution in [3.05, 3.63) is 59.7 Å². The van der Waals surface area contributed by atoms with Crippen LogP contribution in [0, 0.1) is 0 Å². The molecule has 9 heteroatoms. The molecule has 0 saturated carbocycles. The van der Waals surface area contributed by atoms with Crippen LogP contribution in [0.5, 0.6) is 11.5 Å². The molecule has 6 N–H and O–H groups in total. The van der Waals surface area contributed by atoms with E-state index in [1.54, 1.807) is 43.5 Å². The van der Waals surface area contributed by atoms with Crippen LogP contribution in [0.1, 0.15) is 15.9 Å². The summed E-state index contributed by atoms with van der Waals surface area (Å²) in [6.45, 7) is 0. The summed E-state index contributed by atoms with van der Waals surface area (Å²) in [6, 6.07) is 10.6. The molecule has 28 heavy (non-hydrogen) atoms. The van der Waals surface area contributed by atoms with E-state index >= 15 is 0 Å². The molecule has 0 spiro atoms. The van der Waals surface area contributed by atoms with Crippen LogP contribution < -0.4 is 26.3 Å². The minimum absolute atomic E-state index is 0.0327. The average molecular weight is 387 g/mol. The van der Waals surface area contributed by atoms with Crippen molar-refractivity contribution in [3.8, 4) is 11.5 Å². The Hall–Kier alpha value is -4.01. The topological polar surface area (TPSA) is 154 Å². The van der Waals surface area contributed by atoms with Crippen molar-refractivity contribution in [2.75, 3.05) is 19.5 Å². The number of ether oxygens (including phenoxy) is 2. The summed E-state index contributed by atoms with van der Waals surface area (Å²) in [5.41, 5.74) is 9.52. The molecule has 0 bridgehead atoms. The molecule has 0 aliphatic heterocycles. The van der Waals surface area contributed by atoms with Crippen LogP contribution in [0.2, 0.25) is 0 Å². The summed E-state index contributed by atoms with van der Waals surface area (Å²) < 4.78 is 10.3. The fourth-order valence-corrected chi connectivity index (χ4v) is 2.08. The molecule has 2 aromatic rings. The maximum atomic E-state index is 12.0. The number of amides is 3. The second kappa shape index (κ2) is 10.9. The zero-order valence-electron chi connectivity index (χ0n) is 15.3. The summed E-state index contributed by atoms with van der Waals surface area (Å²) in [5.74, 6) is -0.390. The Morgan fingerprint density at radius 2 is 1.61 bits per heavy atom. The van der Waals surface area contributed by atoms with Gasteiger partial charge in [0.05, 0.1) is 25.5 Å². The van der Waals surface area contributed by atoms with E-state index in [2.05, 4.69) is 16.8 Å². The lowest BCUT2D eigenvalue weighted by Crippen LogP contribution is -2.18. The van der Waals surface area contributed by atoms with Crippen molar-refractivity contribution in [2.45, 2.75) is 0 Å². The first kappa shape index (κ1) is 22.0. The highest BCUT2D eigenvalue weighted by atomic mass is 16.5. The molecule has 9 nitrogen and oxygen atoms in total. The standard InChI is InChI=1S/C18H17NO5.CH4N2O/c1-23-15-9-7-12(11-16(15)24-2)8-10-17(20)19-14-6-4-3-5-13(14)18(21)22;2-1(3)4/h3-11H,1-2H3,(H,19,20)(H,21,22);(H4,2,3,4)/b10-8+;. The van der Waals surface area contributed by atoms with Crippen LogP contribution >= 0.6 is 0 Å². The Kier molecular flexibility index (Phi) is 8.55. The van der Waals surface area contributed by atoms with E-state index < -0.39 is 17.9 Å². The normalized spacial score (nSPS) is 9.79. The van der Waals surface area contributed by atoms with Gasteiger partial charge in [-0.3, -0.25) is 4.79 Å². The van der Waals surface area contributed by atoms with E-state index in [1.165, 1.54) is 25.3 Å². The number of rotatable bonds is 6. The summed E-state index contributed by atoms with van der Waals surface area (Å²) >= 11 is 0. The number of primary amides is 2. The Labute approximate surface area is 161 Å². The van der Waals surface area contributed by atoms with Crippen molar-refractivity contribution in [1.82, 2.24) is 0 Å². The number of nitrogens with one attached hydrogen (secondary N) is 1. The van der Waals surface area contributed by atoms with E-state index in [1.807, 2.05) is 0 Å². The molecule has 0 aliphatic rings. The van der Waals surface area contributed by atoms with Gasteiger partial charge in [-0.2, -0.15) is 0 Å². The van der Waals surface area contributed by atoms with Gasteiger partial charge in [0.15, 0.2) is 11.5 Å². The van der Waals surface area contributed by atoms with E-state index in [0.29, 0.717) is 11.5 Å². The molecule has 0 atom stereocenters. The van der Waals surface area contributed by atoms with Gasteiger partial charge in [0.1, 0.15) is 0 Å². The molecule has 2 aromatic carbocycles. The number of hydrogen-bond donors (Lipinski definition) is 4. The molecular weight excluding hydrogens is 366 g/mol. The van der Waals surface area contributed by atoms with Crippen molar-refractivity contribution in [2.24, 2.45) is 11.5 Å². The molecule has 2 rings (SSSR count). The second-order valence-electron chi connectivity index (χ2n) is 5.19. The number of para-hydroxylation sites is 1. The van der Waals surface area contributed by atoms with Crippen LogP contribution in [-0.4, -0.2) is 37.2 Å². The molecule has 0 saturated heterocycles. The van der Waals surface area contributed by atoms with E-state index in [4.69, 9.17) is 19.4 Å². The molecule has 3 amide bonds. The van der Waals surface area contributed by atoms with Gasteiger partial charge in [0, 0.05) is 6.08 Å². The fraction of sp³-hybridized carbons (Fsp3) is 0.105. The van der Waals surface area contributed by atoms with Crippen molar-refractivity contribution < 1.29 is 29.0 Å². The Bertz CT molecular complexity index is 876. The molecule has 0 unspecified atom stereocenters. The molecule has 0 heterocycles. The highest BCUT2D eigenvalue weighted by Gasteiger charge is 2.10. The number of carboxylic acid groups (broad SMARTS) is 1. The van der Waals surface area contributed by atoms with E-state index in [0.717, 1.165) is 5.56 Å². The first-order valence-electron chi connectivity index (χ1n) is 7.86. The SMILES string of the molecule is COc1ccc(/C=C/C(=O)Nc2ccccc2C(=O)O)cc1OC.NC(N)=O. The lowest BCUT2D eigenvalue weighted by molar-refractivity contribution is -0.111. The predicted molar refractivity (Wildman–Crippen MR) is 104 cm³/mol. The number of urea groups is 1. The number of hydrogen-bond acceptors (Lipinski definition) is 5. The third-order valence-corrected chi connectivity index (χ3v) is 3.25. The van der Waals surface area contributed by atoms with Crippen molar-refractivity contribution in [3.63, 3.8) is 0 Å². The van der Waals surface area contributed by atoms with Gasteiger partial charge >= 0.3 is 12.0 Å². The maximum absolute atomic E-state index is 12.0. The van der Waals surface area contributed by atoms with Crippen molar-refractivity contribution >= 4 is 29.7 Å². The second-order valence-corrected chi connectivity index (χ2v) is 5.19. The Balaban J connectivity index is 0.000000892. The zero-order valence-corrected chi connectivity index (χ0v) is 15.3. The number of anilines is 1. The van der Waals surface area contributed by atoms with Gasteiger partial charge in [-0.05, 0) is 35.9 Å². The van der Waals surface area contributed by atoms with Crippen molar-refractivity contribution in [1.29, 1.82) is 0 Å². The molecular formula is C19H21N3O6. The average Bonchev–Trinajstić information content (AvgIpc) is 2.66. The number of aromatic carboxylic acids is 1. The molecule has 0 radical (unpaired) electrons. The van der Waals surface area contributed by atoms with Crippen LogP contribution in [0.15, 0.2) is 48.5 Å². The quantitative estimate of drug-likeness (QED) is 0.556. The summed E-state index contributed by atoms with van der Waals surface area (Å²) in [6.07, 6.45) is 2.92. The molecule has 0 aliphatic carbocycles. The fourth-order valence-electron chi connectivity index (χ4n) is 2.08. The predicted octanol–water partition coefficient (Wildman–Crippen LogP) is 2.08. The minimum Gasteiger partial charge on any atom is -0.493 e. The number of carboxylic acids is 1. The molecule has 0 aromatic heterocycles. The van der Waals surface area contributed by atoms with Gasteiger partial charge in [-0.15, -0.1) is 0 Å². The minimum atomic E-state index is -1.10. The van der Waals surface area contributed by atoms with Crippen LogP contribution in [0.4, 0.5) is 10.5 Å². The van der Waals surface area contributed by atoms with E-state index in [-0.39, 0.29) is 11.3 Å². The van der Waals surface area contributed by atoms with Gasteiger partial charge in [-0.25, -0.2) is 9.59 Å². The third kappa shape index (κ3) is 7.08. The Morgan fingerprint density at radius 1 is 1.00 bits per heavy atom. The maximum Gasteiger partial charge on any atom is 0.337 e. The summed E-state index contributed by atoms with van der Waals surface area (Å²) in [7, 11) is 3.07. The van der Waals surface area contributed by atoms with Gasteiger partial charge in [-0.1, -0.05) is 18.2 Å². The van der Waals surface area contributed by atoms with Crippen LogP contribution in [0.3, 0.4) is 0 Å². The summed E-state index contributed by atoms with van der Waals surface area (Å²) in [4.78, 5) is 32.1. The lowest BCUT2D eigenvalue weighted by atomic mass is 10.1. The number of methoxy groups -OCH3 is 2. The number of carbonyl (C=O) groups is 3. The highest BCUT2D eigenvalue weighted by molar-refractivity contribution is 6.06. The monoisotopic (exact) mass is 387 g/mol. The lowest BCUT2D eigenvalue weighted by Gasteiger charge is -2.08. The Morgan fingerprint density at radius 3 is 2.18 bits per heavy atom. The van der Waals surface area contributed by atoms with Crippen LogP contribution in [-0.2, 0) is 4.79 Å². The first-order chi connectivity index (χ1) is 13.3. The van der Waals surface area contributed by atoms with E-state index in [9.17, 15) is 9.59 Å². The first-order valence-corrected chi connectivity index (χ1v) is 7.86. The molecule has 0 fully saturated rings. The van der Waals surface area contributed by atoms with Gasteiger partial charge < -0.3 is 31.4 Å². The smallest absolute Gasteiger partial charge is 0.337 e. The number of benzene rings is 2. The number of nitrogens with two attached hydrogens (primary N) is 2. The van der Waals surface area contributed by atoms with Gasteiger partial charge in [0.25, 0.3) is 0 Å². The van der Waals surface area contributed by atoms with Gasteiger partial charge in [0.2, 0.25) is 5.91 Å². The largest absolute Gasteiger partial charge is 0.493 e. The summed E-state index contributed by atoms with van der Waals surface area (Å²) in [5, 5.41) is 11.6. The third-order valence-electron chi connectivity index (χ3n) is 3.25. The molecule has 148 valence electrons. The zero-order chi connectivity index (χ0) is 21.1. The van der Waals surface area contributed by atoms with Crippen LogP contribution in [0.25, 0.3) is 6.08 Å². The number of carbonyl (C=O) groups excluding carboxylic acids is 2. The highest BCUT2D eigenvalue weighted by Crippen LogP contribution is 2.28.